The average Bonchev–Trinajstić information content (AvgIpc) is 2.38. The van der Waals surface area contributed by atoms with Crippen LogP contribution in [0, 0.1) is 0 Å². The smallest absolute Gasteiger partial charge is 0.0962 e. The summed E-state index contributed by atoms with van der Waals surface area (Å²) in [6.45, 7) is 4.32. The summed E-state index contributed by atoms with van der Waals surface area (Å²) in [5, 5.41) is 10.1. The molecule has 0 aliphatic carbocycles. The number of hydrogen-bond donors (Lipinski definition) is 1. The molecule has 0 amide bonds. The average molecular weight is 235 g/mol. The second-order valence-corrected chi connectivity index (χ2v) is 4.62. The van der Waals surface area contributed by atoms with E-state index in [9.17, 15) is 5.11 Å². The number of aromatic nitrogens is 1. The van der Waals surface area contributed by atoms with Crippen LogP contribution in [0.5, 0.6) is 0 Å². The van der Waals surface area contributed by atoms with Gasteiger partial charge < -0.3 is 5.11 Å². The molecule has 0 radical (unpaired) electrons. The Morgan fingerprint density at radius 2 is 1.94 bits per heavy atom. The van der Waals surface area contributed by atoms with E-state index in [1.807, 2.05) is 6.07 Å². The van der Waals surface area contributed by atoms with Crippen molar-refractivity contribution in [2.75, 3.05) is 0 Å². The van der Waals surface area contributed by atoms with Gasteiger partial charge in [0.15, 0.2) is 0 Å². The van der Waals surface area contributed by atoms with Crippen molar-refractivity contribution < 1.29 is 5.11 Å². The van der Waals surface area contributed by atoms with Gasteiger partial charge in [0, 0.05) is 6.20 Å². The summed E-state index contributed by atoms with van der Waals surface area (Å²) in [7, 11) is 0. The van der Waals surface area contributed by atoms with E-state index in [2.05, 4.69) is 24.9 Å². The second-order valence-electron chi connectivity index (χ2n) is 4.62. The Kier molecular flexibility index (Phi) is 6.87. The van der Waals surface area contributed by atoms with Crippen LogP contribution in [0.3, 0.4) is 0 Å². The first-order valence-corrected chi connectivity index (χ1v) is 6.91. The van der Waals surface area contributed by atoms with Crippen molar-refractivity contribution in [1.82, 2.24) is 4.98 Å². The quantitative estimate of drug-likeness (QED) is 0.690. The van der Waals surface area contributed by atoms with E-state index >= 15 is 0 Å². The van der Waals surface area contributed by atoms with E-state index in [1.54, 1.807) is 6.20 Å². The van der Waals surface area contributed by atoms with Crippen molar-refractivity contribution in [2.45, 2.75) is 64.9 Å². The molecule has 1 N–H and O–H groups in total. The van der Waals surface area contributed by atoms with Gasteiger partial charge in [-0.1, -0.05) is 52.0 Å². The van der Waals surface area contributed by atoms with Gasteiger partial charge in [-0.2, -0.15) is 0 Å². The van der Waals surface area contributed by atoms with Crippen molar-refractivity contribution >= 4 is 0 Å². The Bertz CT molecular complexity index is 312. The highest BCUT2D eigenvalue weighted by atomic mass is 16.3. The minimum atomic E-state index is -0.382. The molecule has 1 unspecified atom stereocenters. The fraction of sp³-hybridized carbons (Fsp3) is 0.667. The maximum absolute atomic E-state index is 10.1. The Balaban J connectivity index is 2.38. The van der Waals surface area contributed by atoms with E-state index in [0.717, 1.165) is 25.0 Å². The molecule has 1 aromatic heterocycles. The minimum Gasteiger partial charge on any atom is -0.387 e. The molecule has 1 aromatic rings. The molecule has 2 nitrogen and oxygen atoms in total. The van der Waals surface area contributed by atoms with E-state index < -0.39 is 0 Å². The summed E-state index contributed by atoms with van der Waals surface area (Å²) >= 11 is 0. The molecule has 0 aliphatic heterocycles. The van der Waals surface area contributed by atoms with Crippen LogP contribution in [0.2, 0.25) is 0 Å². The van der Waals surface area contributed by atoms with E-state index in [1.165, 1.54) is 31.2 Å². The summed E-state index contributed by atoms with van der Waals surface area (Å²) in [5.74, 6) is 0. The number of hydrogen-bond acceptors (Lipinski definition) is 2. The second kappa shape index (κ2) is 8.24. The van der Waals surface area contributed by atoms with Gasteiger partial charge in [0.2, 0.25) is 0 Å². The van der Waals surface area contributed by atoms with E-state index in [-0.39, 0.29) is 6.10 Å². The van der Waals surface area contributed by atoms with Crippen molar-refractivity contribution in [2.24, 2.45) is 0 Å². The Morgan fingerprint density at radius 1 is 1.18 bits per heavy atom. The molecule has 0 fully saturated rings. The third kappa shape index (κ3) is 4.86. The topological polar surface area (TPSA) is 33.1 Å². The summed E-state index contributed by atoms with van der Waals surface area (Å²) in [6.07, 6.45) is 9.35. The first kappa shape index (κ1) is 14.2. The fourth-order valence-corrected chi connectivity index (χ4v) is 2.13. The Labute approximate surface area is 105 Å². The van der Waals surface area contributed by atoms with Gasteiger partial charge in [0.05, 0.1) is 11.8 Å². The molecule has 0 bridgehead atoms. The number of rotatable bonds is 8. The minimum absolute atomic E-state index is 0.382. The van der Waals surface area contributed by atoms with Crippen LogP contribution in [0.1, 0.15) is 69.7 Å². The maximum atomic E-state index is 10.1. The largest absolute Gasteiger partial charge is 0.387 e. The van der Waals surface area contributed by atoms with Gasteiger partial charge in [-0.05, 0) is 24.5 Å². The number of nitrogens with zero attached hydrogens (tertiary/aromatic N) is 1. The number of unbranched alkanes of at least 4 members (excludes halogenated alkanes) is 4. The Morgan fingerprint density at radius 3 is 2.65 bits per heavy atom. The van der Waals surface area contributed by atoms with Gasteiger partial charge >= 0.3 is 0 Å². The zero-order valence-corrected chi connectivity index (χ0v) is 11.2. The van der Waals surface area contributed by atoms with Crippen molar-refractivity contribution in [3.05, 3.63) is 29.6 Å². The zero-order chi connectivity index (χ0) is 12.5. The van der Waals surface area contributed by atoms with Gasteiger partial charge in [-0.25, -0.2) is 0 Å². The predicted molar refractivity (Wildman–Crippen MR) is 72.0 cm³/mol. The Hall–Kier alpha value is -0.890. The molecular weight excluding hydrogens is 210 g/mol. The molecule has 1 rings (SSSR count). The number of aliphatic hydroxyl groups is 1. The molecule has 0 spiro atoms. The van der Waals surface area contributed by atoms with Gasteiger partial charge in [-0.3, -0.25) is 4.98 Å². The highest BCUT2D eigenvalue weighted by Crippen LogP contribution is 2.21. The SMILES string of the molecule is CCCCCCCC(O)c1ncccc1CC. The molecule has 1 heterocycles. The fourth-order valence-electron chi connectivity index (χ4n) is 2.13. The van der Waals surface area contributed by atoms with Crippen molar-refractivity contribution in [3.8, 4) is 0 Å². The lowest BCUT2D eigenvalue weighted by Crippen LogP contribution is -2.04. The molecular formula is C15H25NO. The van der Waals surface area contributed by atoms with Crippen LogP contribution in [0.25, 0.3) is 0 Å². The van der Waals surface area contributed by atoms with Crippen LogP contribution in [-0.2, 0) is 6.42 Å². The third-order valence-corrected chi connectivity index (χ3v) is 3.20. The van der Waals surface area contributed by atoms with Gasteiger partial charge in [0.25, 0.3) is 0 Å². The van der Waals surface area contributed by atoms with Crippen LogP contribution in [-0.4, -0.2) is 10.1 Å². The van der Waals surface area contributed by atoms with Gasteiger partial charge in [-0.15, -0.1) is 0 Å². The summed E-state index contributed by atoms with van der Waals surface area (Å²) < 4.78 is 0. The first-order chi connectivity index (χ1) is 8.29. The lowest BCUT2D eigenvalue weighted by Gasteiger charge is -2.13. The molecule has 0 saturated carbocycles. The molecule has 17 heavy (non-hydrogen) atoms. The highest BCUT2D eigenvalue weighted by molar-refractivity contribution is 5.21. The standard InChI is InChI=1S/C15H25NO/c1-3-5-6-7-8-11-14(17)15-13(4-2)10-9-12-16-15/h9-10,12,14,17H,3-8,11H2,1-2H3. The maximum Gasteiger partial charge on any atom is 0.0962 e. The van der Waals surface area contributed by atoms with Crippen molar-refractivity contribution in [3.63, 3.8) is 0 Å². The molecule has 0 saturated heterocycles. The van der Waals surface area contributed by atoms with Crippen LogP contribution in [0.15, 0.2) is 18.3 Å². The molecule has 2 heteroatoms. The van der Waals surface area contributed by atoms with E-state index in [0.29, 0.717) is 0 Å². The van der Waals surface area contributed by atoms with Crippen molar-refractivity contribution in [1.29, 1.82) is 0 Å². The summed E-state index contributed by atoms with van der Waals surface area (Å²) in [4.78, 5) is 4.31. The van der Waals surface area contributed by atoms with E-state index in [4.69, 9.17) is 0 Å². The summed E-state index contributed by atoms with van der Waals surface area (Å²) in [6, 6.07) is 4.00. The lowest BCUT2D eigenvalue weighted by atomic mass is 10.0. The van der Waals surface area contributed by atoms with Crippen LogP contribution < -0.4 is 0 Å². The van der Waals surface area contributed by atoms with Gasteiger partial charge in [0.1, 0.15) is 0 Å². The lowest BCUT2D eigenvalue weighted by molar-refractivity contribution is 0.157. The highest BCUT2D eigenvalue weighted by Gasteiger charge is 2.11. The van der Waals surface area contributed by atoms with Crippen LogP contribution in [0.4, 0.5) is 0 Å². The molecule has 0 aromatic carbocycles. The monoisotopic (exact) mass is 235 g/mol. The molecule has 96 valence electrons. The zero-order valence-electron chi connectivity index (χ0n) is 11.2. The summed E-state index contributed by atoms with van der Waals surface area (Å²) in [5.41, 5.74) is 2.05. The number of aryl methyl sites for hydroxylation is 1. The predicted octanol–water partition coefficient (Wildman–Crippen LogP) is 4.04. The number of pyridine rings is 1. The van der Waals surface area contributed by atoms with Crippen LogP contribution >= 0.6 is 0 Å². The number of aliphatic hydroxyl groups excluding tert-OH is 1. The third-order valence-electron chi connectivity index (χ3n) is 3.20. The molecule has 1 atom stereocenters. The first-order valence-electron chi connectivity index (χ1n) is 6.91. The normalized spacial score (nSPS) is 12.6. The molecule has 0 aliphatic rings.